The van der Waals surface area contributed by atoms with E-state index in [1.54, 1.807) is 18.3 Å². The van der Waals surface area contributed by atoms with Crippen molar-refractivity contribution in [1.29, 1.82) is 0 Å². The minimum atomic E-state index is -0.675. The lowest BCUT2D eigenvalue weighted by Gasteiger charge is -2.30. The number of β-amino-alcohol motifs (C(OH)–C–C–N with tert-alkyl or cyclic N) is 1. The molecule has 3 aromatic rings. The predicted molar refractivity (Wildman–Crippen MR) is 133 cm³/mol. The second kappa shape index (κ2) is 11.0. The van der Waals surface area contributed by atoms with Gasteiger partial charge in [0.1, 0.15) is 12.4 Å². The van der Waals surface area contributed by atoms with Crippen LogP contribution in [0.3, 0.4) is 0 Å². The molecule has 0 aromatic carbocycles. The number of oxazole rings is 1. The molecule has 4 heterocycles. The van der Waals surface area contributed by atoms with Crippen molar-refractivity contribution in [3.8, 4) is 5.88 Å². The van der Waals surface area contributed by atoms with Gasteiger partial charge in [0.05, 0.1) is 17.5 Å². The van der Waals surface area contributed by atoms with Gasteiger partial charge in [-0.1, -0.05) is 6.07 Å². The molecule has 1 aliphatic carbocycles. The number of fused-ring (bicyclic) bond motifs is 1. The summed E-state index contributed by atoms with van der Waals surface area (Å²) in [6.45, 7) is 4.28. The van der Waals surface area contributed by atoms with E-state index < -0.39 is 6.10 Å². The molecular formula is C26H32N6O4. The number of aliphatic hydroxyl groups is 1. The number of nitrogens with one attached hydrogen (secondary N) is 2. The maximum absolute atomic E-state index is 12.6. The van der Waals surface area contributed by atoms with Crippen LogP contribution in [0.25, 0.3) is 0 Å². The Morgan fingerprint density at radius 1 is 1.31 bits per heavy atom. The summed E-state index contributed by atoms with van der Waals surface area (Å²) < 4.78 is 11.1. The van der Waals surface area contributed by atoms with Gasteiger partial charge in [-0.2, -0.15) is 0 Å². The molecule has 190 valence electrons. The van der Waals surface area contributed by atoms with Crippen LogP contribution in [0.2, 0.25) is 0 Å². The number of aryl methyl sites for hydroxylation is 1. The van der Waals surface area contributed by atoms with Crippen LogP contribution in [0.1, 0.15) is 52.3 Å². The molecule has 1 unspecified atom stereocenters. The van der Waals surface area contributed by atoms with E-state index in [0.29, 0.717) is 42.9 Å². The second-order valence-corrected chi connectivity index (χ2v) is 9.46. The molecule has 3 aromatic heterocycles. The third-order valence-corrected chi connectivity index (χ3v) is 6.74. The Balaban J connectivity index is 1.07. The summed E-state index contributed by atoms with van der Waals surface area (Å²) in [4.78, 5) is 27.8. The molecule has 1 fully saturated rings. The van der Waals surface area contributed by atoms with Gasteiger partial charge in [-0.15, -0.1) is 0 Å². The van der Waals surface area contributed by atoms with Crippen LogP contribution in [-0.2, 0) is 19.6 Å². The number of aromatic nitrogens is 3. The molecule has 1 atom stereocenters. The number of ether oxygens (including phenoxy) is 1. The molecule has 5 rings (SSSR count). The van der Waals surface area contributed by atoms with E-state index in [1.165, 1.54) is 12.8 Å². The van der Waals surface area contributed by atoms with Gasteiger partial charge in [-0.3, -0.25) is 9.69 Å². The fraction of sp³-hybridized carbons (Fsp3) is 0.462. The Kier molecular flexibility index (Phi) is 7.43. The highest BCUT2D eigenvalue weighted by atomic mass is 16.5. The molecule has 1 saturated carbocycles. The number of nitrogens with zero attached hydrogens (tertiary/aromatic N) is 4. The zero-order chi connectivity index (χ0) is 24.9. The molecule has 1 aliphatic heterocycles. The molecule has 0 radical (unpaired) electrons. The lowest BCUT2D eigenvalue weighted by Crippen LogP contribution is -2.42. The first-order chi connectivity index (χ1) is 17.5. The van der Waals surface area contributed by atoms with Crippen LogP contribution in [0.4, 0.5) is 5.82 Å². The van der Waals surface area contributed by atoms with E-state index in [4.69, 9.17) is 9.15 Å². The maximum Gasteiger partial charge on any atom is 0.251 e. The molecule has 1 amide bonds. The largest absolute Gasteiger partial charge is 0.469 e. The number of anilines is 1. The van der Waals surface area contributed by atoms with E-state index in [9.17, 15) is 9.90 Å². The van der Waals surface area contributed by atoms with Gasteiger partial charge in [0.2, 0.25) is 5.88 Å². The summed E-state index contributed by atoms with van der Waals surface area (Å²) in [6, 6.07) is 7.77. The number of amides is 1. The molecular weight excluding hydrogens is 460 g/mol. The van der Waals surface area contributed by atoms with Crippen LogP contribution < -0.4 is 15.4 Å². The van der Waals surface area contributed by atoms with E-state index >= 15 is 0 Å². The van der Waals surface area contributed by atoms with E-state index in [2.05, 4.69) is 30.5 Å². The summed E-state index contributed by atoms with van der Waals surface area (Å²) in [6.07, 6.45) is 6.64. The van der Waals surface area contributed by atoms with Crippen molar-refractivity contribution in [3.05, 3.63) is 65.1 Å². The highest BCUT2D eigenvalue weighted by molar-refractivity contribution is 5.94. The Hall–Kier alpha value is -3.50. The molecule has 0 spiro atoms. The summed E-state index contributed by atoms with van der Waals surface area (Å²) in [5.41, 5.74) is 3.46. The van der Waals surface area contributed by atoms with Crippen molar-refractivity contribution in [2.45, 2.75) is 57.9 Å². The minimum absolute atomic E-state index is 0.183. The van der Waals surface area contributed by atoms with Crippen LogP contribution in [0.5, 0.6) is 5.88 Å². The number of rotatable bonds is 10. The molecule has 2 aliphatic rings. The average Bonchev–Trinajstić information content (AvgIpc) is 3.28. The normalized spacial score (nSPS) is 16.6. The summed E-state index contributed by atoms with van der Waals surface area (Å²) in [5.74, 6) is 1.75. The van der Waals surface area contributed by atoms with E-state index in [0.717, 1.165) is 48.6 Å². The van der Waals surface area contributed by atoms with Gasteiger partial charge < -0.3 is 24.9 Å². The van der Waals surface area contributed by atoms with Crippen molar-refractivity contribution in [2.24, 2.45) is 0 Å². The van der Waals surface area contributed by atoms with Crippen LogP contribution in [0.15, 0.2) is 41.3 Å². The lowest BCUT2D eigenvalue weighted by atomic mass is 9.93. The zero-order valence-electron chi connectivity index (χ0n) is 20.4. The van der Waals surface area contributed by atoms with Gasteiger partial charge >= 0.3 is 0 Å². The zero-order valence-corrected chi connectivity index (χ0v) is 20.4. The third kappa shape index (κ3) is 6.00. The summed E-state index contributed by atoms with van der Waals surface area (Å²) in [5, 5.41) is 16.7. The molecule has 0 bridgehead atoms. The topological polar surface area (TPSA) is 126 Å². The van der Waals surface area contributed by atoms with Crippen molar-refractivity contribution in [1.82, 2.24) is 25.2 Å². The number of aliphatic hydroxyl groups excluding tert-OH is 1. The number of pyridine rings is 2. The second-order valence-electron chi connectivity index (χ2n) is 9.46. The summed E-state index contributed by atoms with van der Waals surface area (Å²) >= 11 is 0. The number of carbonyl (C=O) groups excluding carboxylic acids is 1. The maximum atomic E-state index is 12.6. The average molecular weight is 493 g/mol. The SMILES string of the molecule is Cc1ncoc1COc1ccc2c(n1)CCN(CC(O)CNC(=O)c1ccnc(NC3CCC3)c1)C2. The third-order valence-electron chi connectivity index (χ3n) is 6.74. The fourth-order valence-corrected chi connectivity index (χ4v) is 4.38. The number of carbonyl (C=O) groups is 1. The fourth-order valence-electron chi connectivity index (χ4n) is 4.38. The van der Waals surface area contributed by atoms with Crippen molar-refractivity contribution in [3.63, 3.8) is 0 Å². The Bertz CT molecular complexity index is 1190. The van der Waals surface area contributed by atoms with Crippen LogP contribution >= 0.6 is 0 Å². The Morgan fingerprint density at radius 3 is 2.97 bits per heavy atom. The van der Waals surface area contributed by atoms with Gasteiger partial charge in [-0.05, 0) is 43.9 Å². The Morgan fingerprint density at radius 2 is 2.19 bits per heavy atom. The lowest BCUT2D eigenvalue weighted by molar-refractivity contribution is 0.0840. The quantitative estimate of drug-likeness (QED) is 0.391. The van der Waals surface area contributed by atoms with Crippen LogP contribution in [-0.4, -0.2) is 62.6 Å². The highest BCUT2D eigenvalue weighted by Crippen LogP contribution is 2.23. The van der Waals surface area contributed by atoms with Crippen molar-refractivity contribution >= 4 is 11.7 Å². The first-order valence-corrected chi connectivity index (χ1v) is 12.5. The minimum Gasteiger partial charge on any atom is -0.469 e. The first kappa shape index (κ1) is 24.2. The van der Waals surface area contributed by atoms with Crippen LogP contribution in [0, 0.1) is 6.92 Å². The Labute approximate surface area is 210 Å². The van der Waals surface area contributed by atoms with Crippen molar-refractivity contribution in [2.75, 3.05) is 25.0 Å². The smallest absolute Gasteiger partial charge is 0.251 e. The van der Waals surface area contributed by atoms with E-state index in [1.807, 2.05) is 19.1 Å². The monoisotopic (exact) mass is 492 g/mol. The number of hydrogen-bond acceptors (Lipinski definition) is 9. The van der Waals surface area contributed by atoms with Gasteiger partial charge in [-0.25, -0.2) is 15.0 Å². The summed E-state index contributed by atoms with van der Waals surface area (Å²) in [7, 11) is 0. The highest BCUT2D eigenvalue weighted by Gasteiger charge is 2.21. The first-order valence-electron chi connectivity index (χ1n) is 12.5. The van der Waals surface area contributed by atoms with Gasteiger partial charge in [0, 0.05) is 56.5 Å². The van der Waals surface area contributed by atoms with Gasteiger partial charge in [0.25, 0.3) is 5.91 Å². The van der Waals surface area contributed by atoms with Gasteiger partial charge in [0.15, 0.2) is 12.2 Å². The standard InChI is InChI=1S/C26H32N6O4/c1-17-23(36-16-29-17)15-35-25-6-5-19-13-32(10-8-22(19)31-25)14-21(33)12-28-26(34)18-7-9-27-24(11-18)30-20-3-2-4-20/h5-7,9,11,16,20-21,33H,2-4,8,10,12-15H2,1H3,(H,27,30)(H,28,34). The molecule has 0 saturated heterocycles. The predicted octanol–water partition coefficient (Wildman–Crippen LogP) is 2.47. The molecule has 10 heteroatoms. The molecule has 3 N–H and O–H groups in total. The van der Waals surface area contributed by atoms with Crippen molar-refractivity contribution < 1.29 is 19.1 Å². The number of hydrogen-bond donors (Lipinski definition) is 3. The molecule has 36 heavy (non-hydrogen) atoms. The van der Waals surface area contributed by atoms with E-state index in [-0.39, 0.29) is 12.5 Å². The molecule has 10 nitrogen and oxygen atoms in total.